The van der Waals surface area contributed by atoms with Crippen LogP contribution in [0.25, 0.3) is 21.3 Å². The van der Waals surface area contributed by atoms with E-state index in [-0.39, 0.29) is 24.3 Å². The first-order valence-electron chi connectivity index (χ1n) is 8.35. The van der Waals surface area contributed by atoms with Gasteiger partial charge in [-0.3, -0.25) is 9.59 Å². The second-order valence-corrected chi connectivity index (χ2v) is 7.55. The number of thiazole rings is 1. The Balaban J connectivity index is 1.48. The summed E-state index contributed by atoms with van der Waals surface area (Å²) >= 11 is 7.50. The maximum absolute atomic E-state index is 12.3. The summed E-state index contributed by atoms with van der Waals surface area (Å²) in [7, 11) is 0. The van der Waals surface area contributed by atoms with Crippen LogP contribution < -0.4 is 10.9 Å². The van der Waals surface area contributed by atoms with Gasteiger partial charge in [0.2, 0.25) is 5.91 Å². The van der Waals surface area contributed by atoms with Gasteiger partial charge in [-0.2, -0.15) is 0 Å². The molecule has 4 aromatic rings. The number of para-hydroxylation sites is 2. The number of carbonyl (C=O) groups is 1. The topological polar surface area (TPSA) is 87.7 Å². The van der Waals surface area contributed by atoms with E-state index in [0.29, 0.717) is 26.9 Å². The molecule has 0 saturated carbocycles. The Morgan fingerprint density at radius 1 is 1.22 bits per heavy atom. The van der Waals surface area contributed by atoms with Gasteiger partial charge in [-0.25, -0.2) is 9.97 Å². The first kappa shape index (κ1) is 17.6. The van der Waals surface area contributed by atoms with Crippen LogP contribution in [0.2, 0.25) is 5.02 Å². The first-order valence-corrected chi connectivity index (χ1v) is 9.54. The lowest BCUT2D eigenvalue weighted by molar-refractivity contribution is -0.116. The minimum absolute atomic E-state index is 0.143. The Kier molecular flexibility index (Phi) is 4.63. The fourth-order valence-electron chi connectivity index (χ4n) is 2.80. The standard InChI is InChI=1S/C19H15ClN4O2S/c1-10-11(20)6-8-15-17(10)24-19(27-15)23-16(25)9-7-14-18(26)22-13-5-3-2-4-12(13)21-14/h2-6,8H,7,9H2,1H3,(H,22,26)(H,23,24,25). The molecule has 2 N–H and O–H groups in total. The van der Waals surface area contributed by atoms with Crippen LogP contribution in [0.5, 0.6) is 0 Å². The van der Waals surface area contributed by atoms with E-state index in [0.717, 1.165) is 15.8 Å². The molecule has 136 valence electrons. The largest absolute Gasteiger partial charge is 0.319 e. The van der Waals surface area contributed by atoms with Crippen molar-refractivity contribution in [3.8, 4) is 0 Å². The molecular formula is C19H15ClN4O2S. The number of nitrogens with zero attached hydrogens (tertiary/aromatic N) is 2. The molecule has 4 rings (SSSR count). The van der Waals surface area contributed by atoms with Crippen LogP contribution in [0.15, 0.2) is 41.2 Å². The number of benzene rings is 2. The van der Waals surface area contributed by atoms with E-state index in [1.165, 1.54) is 11.3 Å². The molecule has 2 aromatic heterocycles. The third kappa shape index (κ3) is 3.56. The molecule has 0 fully saturated rings. The Labute approximate surface area is 163 Å². The molecule has 0 aliphatic carbocycles. The van der Waals surface area contributed by atoms with Gasteiger partial charge in [-0.05, 0) is 36.8 Å². The quantitative estimate of drug-likeness (QED) is 0.542. The van der Waals surface area contributed by atoms with Crippen molar-refractivity contribution in [1.82, 2.24) is 15.0 Å². The smallest absolute Gasteiger partial charge is 0.270 e. The minimum atomic E-state index is -0.272. The fraction of sp³-hybridized carbons (Fsp3) is 0.158. The van der Waals surface area contributed by atoms with Crippen LogP contribution in [0.3, 0.4) is 0 Å². The average molecular weight is 399 g/mol. The van der Waals surface area contributed by atoms with Crippen molar-refractivity contribution in [3.05, 3.63) is 63.0 Å². The first-order chi connectivity index (χ1) is 13.0. The van der Waals surface area contributed by atoms with Gasteiger partial charge >= 0.3 is 0 Å². The lowest BCUT2D eigenvalue weighted by Gasteiger charge is -2.03. The van der Waals surface area contributed by atoms with Crippen molar-refractivity contribution in [1.29, 1.82) is 0 Å². The van der Waals surface area contributed by atoms with Crippen molar-refractivity contribution in [2.75, 3.05) is 5.32 Å². The highest BCUT2D eigenvalue weighted by molar-refractivity contribution is 7.22. The van der Waals surface area contributed by atoms with E-state index in [1.54, 1.807) is 6.07 Å². The molecule has 6 nitrogen and oxygen atoms in total. The van der Waals surface area contributed by atoms with Crippen LogP contribution in [-0.4, -0.2) is 20.9 Å². The van der Waals surface area contributed by atoms with Crippen molar-refractivity contribution >= 4 is 55.2 Å². The molecule has 1 amide bonds. The third-order valence-corrected chi connectivity index (χ3v) is 5.60. The number of anilines is 1. The Hall–Kier alpha value is -2.77. The summed E-state index contributed by atoms with van der Waals surface area (Å²) in [5.74, 6) is -0.216. The molecule has 0 aliphatic rings. The number of rotatable bonds is 4. The maximum Gasteiger partial charge on any atom is 0.270 e. The highest BCUT2D eigenvalue weighted by Gasteiger charge is 2.12. The van der Waals surface area contributed by atoms with E-state index in [2.05, 4.69) is 20.3 Å². The zero-order valence-electron chi connectivity index (χ0n) is 14.4. The van der Waals surface area contributed by atoms with Gasteiger partial charge in [0.15, 0.2) is 5.13 Å². The molecule has 0 saturated heterocycles. The predicted octanol–water partition coefficient (Wildman–Crippen LogP) is 4.07. The molecule has 2 heterocycles. The molecule has 0 aliphatic heterocycles. The lowest BCUT2D eigenvalue weighted by Crippen LogP contribution is -2.18. The molecular weight excluding hydrogens is 384 g/mol. The molecule has 8 heteroatoms. The highest BCUT2D eigenvalue weighted by Crippen LogP contribution is 2.31. The predicted molar refractivity (Wildman–Crippen MR) is 109 cm³/mol. The maximum atomic E-state index is 12.3. The number of hydrogen-bond acceptors (Lipinski definition) is 5. The molecule has 0 unspecified atom stereocenters. The van der Waals surface area contributed by atoms with Crippen LogP contribution in [-0.2, 0) is 11.2 Å². The van der Waals surface area contributed by atoms with Crippen molar-refractivity contribution < 1.29 is 4.79 Å². The van der Waals surface area contributed by atoms with Crippen LogP contribution in [0.1, 0.15) is 17.7 Å². The summed E-state index contributed by atoms with van der Waals surface area (Å²) in [6, 6.07) is 11.0. The molecule has 0 radical (unpaired) electrons. The summed E-state index contributed by atoms with van der Waals surface area (Å²) in [5.41, 5.74) is 3.13. The monoisotopic (exact) mass is 398 g/mol. The third-order valence-electron chi connectivity index (χ3n) is 4.25. The van der Waals surface area contributed by atoms with Crippen molar-refractivity contribution in [2.24, 2.45) is 0 Å². The summed E-state index contributed by atoms with van der Waals surface area (Å²) < 4.78 is 0.958. The minimum Gasteiger partial charge on any atom is -0.319 e. The van der Waals surface area contributed by atoms with Crippen molar-refractivity contribution in [2.45, 2.75) is 19.8 Å². The van der Waals surface area contributed by atoms with E-state index in [9.17, 15) is 9.59 Å². The Morgan fingerprint density at radius 2 is 2.04 bits per heavy atom. The van der Waals surface area contributed by atoms with Gasteiger partial charge in [-0.15, -0.1) is 0 Å². The Bertz CT molecular complexity index is 1230. The molecule has 2 aromatic carbocycles. The fourth-order valence-corrected chi connectivity index (χ4v) is 3.90. The van der Waals surface area contributed by atoms with Crippen molar-refractivity contribution in [3.63, 3.8) is 0 Å². The van der Waals surface area contributed by atoms with Gasteiger partial charge < -0.3 is 10.3 Å². The number of halogens is 1. The lowest BCUT2D eigenvalue weighted by atomic mass is 10.2. The number of aryl methyl sites for hydroxylation is 2. The summed E-state index contributed by atoms with van der Waals surface area (Å²) in [4.78, 5) is 36.0. The van der Waals surface area contributed by atoms with E-state index in [1.807, 2.05) is 37.3 Å². The highest BCUT2D eigenvalue weighted by atomic mass is 35.5. The number of amides is 1. The summed E-state index contributed by atoms with van der Waals surface area (Å²) in [6.45, 7) is 1.90. The van der Waals surface area contributed by atoms with Gasteiger partial charge in [0.1, 0.15) is 5.69 Å². The SMILES string of the molecule is Cc1c(Cl)ccc2sc(NC(=O)CCc3nc4ccccc4[nH]c3=O)nc12. The van der Waals surface area contributed by atoms with E-state index >= 15 is 0 Å². The van der Waals surface area contributed by atoms with E-state index in [4.69, 9.17) is 11.6 Å². The number of carbonyl (C=O) groups excluding carboxylic acids is 1. The zero-order chi connectivity index (χ0) is 19.0. The van der Waals surface area contributed by atoms with Gasteiger partial charge in [0, 0.05) is 17.9 Å². The molecule has 0 spiro atoms. The van der Waals surface area contributed by atoms with E-state index < -0.39 is 0 Å². The van der Waals surface area contributed by atoms with Crippen LogP contribution >= 0.6 is 22.9 Å². The summed E-state index contributed by atoms with van der Waals surface area (Å²) in [6.07, 6.45) is 0.395. The number of nitrogens with one attached hydrogen (secondary N) is 2. The normalized spacial score (nSPS) is 11.2. The number of fused-ring (bicyclic) bond motifs is 2. The van der Waals surface area contributed by atoms with Gasteiger partial charge in [0.05, 0.1) is 21.3 Å². The Morgan fingerprint density at radius 3 is 2.89 bits per heavy atom. The zero-order valence-corrected chi connectivity index (χ0v) is 15.9. The second kappa shape index (κ2) is 7.09. The molecule has 27 heavy (non-hydrogen) atoms. The average Bonchev–Trinajstić information content (AvgIpc) is 3.06. The number of hydrogen-bond donors (Lipinski definition) is 2. The number of aromatic amines is 1. The van der Waals surface area contributed by atoms with Crippen LogP contribution in [0, 0.1) is 6.92 Å². The van der Waals surface area contributed by atoms with Gasteiger partial charge in [-0.1, -0.05) is 35.1 Å². The van der Waals surface area contributed by atoms with Crippen LogP contribution in [0.4, 0.5) is 5.13 Å². The molecule has 0 atom stereocenters. The number of aromatic nitrogens is 3. The number of H-pyrrole nitrogens is 1. The molecule has 0 bridgehead atoms. The summed E-state index contributed by atoms with van der Waals surface area (Å²) in [5, 5.41) is 3.95. The second-order valence-electron chi connectivity index (χ2n) is 6.12. The van der Waals surface area contributed by atoms with Gasteiger partial charge in [0.25, 0.3) is 5.56 Å².